The van der Waals surface area contributed by atoms with Crippen molar-refractivity contribution in [2.75, 3.05) is 5.32 Å². The smallest absolute Gasteiger partial charge is 0.146 e. The summed E-state index contributed by atoms with van der Waals surface area (Å²) in [5, 5.41) is 12.3. The predicted molar refractivity (Wildman–Crippen MR) is 69.5 cm³/mol. The van der Waals surface area contributed by atoms with Crippen LogP contribution in [-0.2, 0) is 6.54 Å². The number of hydrogen-bond acceptors (Lipinski definition) is 2. The molecule has 2 aromatic rings. The summed E-state index contributed by atoms with van der Waals surface area (Å²) in [4.78, 5) is 0. The Morgan fingerprint density at radius 2 is 2.00 bits per heavy atom. The Balaban J connectivity index is 2.09. The van der Waals surface area contributed by atoms with Gasteiger partial charge in [0.25, 0.3) is 0 Å². The van der Waals surface area contributed by atoms with Crippen LogP contribution < -0.4 is 5.32 Å². The van der Waals surface area contributed by atoms with Crippen LogP contribution in [0.3, 0.4) is 0 Å². The monoisotopic (exact) mass is 295 g/mol. The third kappa shape index (κ3) is 3.20. The number of aromatic hydroxyl groups is 1. The van der Waals surface area contributed by atoms with Gasteiger partial charge in [0.1, 0.15) is 11.6 Å². The standard InChI is InChI=1S/C13H11BrFNO/c14-10-4-5-12(15)13(7-10)16-8-9-2-1-3-11(17)6-9/h1-7,16-17H,8H2. The maximum Gasteiger partial charge on any atom is 0.146 e. The van der Waals surface area contributed by atoms with Crippen molar-refractivity contribution in [1.82, 2.24) is 0 Å². The lowest BCUT2D eigenvalue weighted by atomic mass is 10.2. The molecule has 0 bridgehead atoms. The zero-order valence-corrected chi connectivity index (χ0v) is 10.5. The van der Waals surface area contributed by atoms with Crippen molar-refractivity contribution >= 4 is 21.6 Å². The third-order valence-corrected chi connectivity index (χ3v) is 2.82. The Kier molecular flexibility index (Phi) is 3.64. The molecule has 0 heterocycles. The fourth-order valence-corrected chi connectivity index (χ4v) is 1.86. The molecule has 0 aliphatic heterocycles. The molecule has 2 aromatic carbocycles. The van der Waals surface area contributed by atoms with Crippen LogP contribution >= 0.6 is 15.9 Å². The number of benzene rings is 2. The van der Waals surface area contributed by atoms with Gasteiger partial charge in [-0.25, -0.2) is 4.39 Å². The molecule has 0 radical (unpaired) electrons. The lowest BCUT2D eigenvalue weighted by Gasteiger charge is -2.08. The highest BCUT2D eigenvalue weighted by atomic mass is 79.9. The van der Waals surface area contributed by atoms with Gasteiger partial charge in [-0.2, -0.15) is 0 Å². The largest absolute Gasteiger partial charge is 0.508 e. The fourth-order valence-electron chi connectivity index (χ4n) is 1.50. The third-order valence-electron chi connectivity index (χ3n) is 2.32. The first kappa shape index (κ1) is 11.9. The summed E-state index contributed by atoms with van der Waals surface area (Å²) in [5.74, 6) is -0.0904. The average Bonchev–Trinajstić information content (AvgIpc) is 2.30. The molecule has 0 atom stereocenters. The molecule has 2 N–H and O–H groups in total. The fraction of sp³-hybridized carbons (Fsp3) is 0.0769. The van der Waals surface area contributed by atoms with Gasteiger partial charge in [0, 0.05) is 11.0 Å². The van der Waals surface area contributed by atoms with Crippen molar-refractivity contribution in [2.45, 2.75) is 6.54 Å². The van der Waals surface area contributed by atoms with Gasteiger partial charge < -0.3 is 10.4 Å². The highest BCUT2D eigenvalue weighted by Crippen LogP contribution is 2.21. The molecule has 0 saturated heterocycles. The zero-order valence-electron chi connectivity index (χ0n) is 8.95. The first-order valence-corrected chi connectivity index (χ1v) is 5.91. The van der Waals surface area contributed by atoms with Crippen LogP contribution in [-0.4, -0.2) is 5.11 Å². The van der Waals surface area contributed by atoms with Crippen LogP contribution in [0.1, 0.15) is 5.56 Å². The number of nitrogens with one attached hydrogen (secondary N) is 1. The molecule has 0 saturated carbocycles. The summed E-state index contributed by atoms with van der Waals surface area (Å²) >= 11 is 3.29. The summed E-state index contributed by atoms with van der Waals surface area (Å²) in [6.45, 7) is 0.460. The Bertz CT molecular complexity index is 531. The molecule has 4 heteroatoms. The van der Waals surface area contributed by atoms with Crippen molar-refractivity contribution in [3.05, 3.63) is 58.3 Å². The molecular formula is C13H11BrFNO. The molecule has 0 aliphatic rings. The molecule has 0 spiro atoms. The van der Waals surface area contributed by atoms with Crippen molar-refractivity contribution < 1.29 is 9.50 Å². The van der Waals surface area contributed by atoms with Crippen LogP contribution in [0.4, 0.5) is 10.1 Å². The molecule has 2 nitrogen and oxygen atoms in total. The maximum absolute atomic E-state index is 13.4. The minimum Gasteiger partial charge on any atom is -0.508 e. The molecule has 17 heavy (non-hydrogen) atoms. The van der Waals surface area contributed by atoms with Crippen LogP contribution in [0.2, 0.25) is 0 Å². The summed E-state index contributed by atoms with van der Waals surface area (Å²) in [7, 11) is 0. The number of rotatable bonds is 3. The highest BCUT2D eigenvalue weighted by molar-refractivity contribution is 9.10. The van der Waals surface area contributed by atoms with Gasteiger partial charge in [0.05, 0.1) is 5.69 Å². The second-order valence-electron chi connectivity index (χ2n) is 3.65. The molecule has 88 valence electrons. The van der Waals surface area contributed by atoms with Gasteiger partial charge in [-0.1, -0.05) is 28.1 Å². The average molecular weight is 296 g/mol. The second-order valence-corrected chi connectivity index (χ2v) is 4.56. The minimum atomic E-state index is -0.298. The van der Waals surface area contributed by atoms with E-state index in [-0.39, 0.29) is 11.6 Å². The van der Waals surface area contributed by atoms with E-state index in [1.807, 2.05) is 6.07 Å². The number of hydrogen-bond donors (Lipinski definition) is 2. The van der Waals surface area contributed by atoms with E-state index in [9.17, 15) is 9.50 Å². The Morgan fingerprint density at radius 3 is 2.76 bits per heavy atom. The molecule has 0 unspecified atom stereocenters. The highest BCUT2D eigenvalue weighted by Gasteiger charge is 2.02. The van der Waals surface area contributed by atoms with Crippen LogP contribution in [0.15, 0.2) is 46.9 Å². The normalized spacial score (nSPS) is 10.2. The van der Waals surface area contributed by atoms with Crippen molar-refractivity contribution in [1.29, 1.82) is 0 Å². The van der Waals surface area contributed by atoms with E-state index in [1.54, 1.807) is 30.3 Å². The lowest BCUT2D eigenvalue weighted by molar-refractivity contribution is 0.474. The zero-order chi connectivity index (χ0) is 12.3. The summed E-state index contributed by atoms with van der Waals surface area (Å²) < 4.78 is 14.2. The van der Waals surface area contributed by atoms with E-state index in [0.717, 1.165) is 10.0 Å². The summed E-state index contributed by atoms with van der Waals surface area (Å²) in [6.07, 6.45) is 0. The molecule has 0 fully saturated rings. The van der Waals surface area contributed by atoms with E-state index in [0.29, 0.717) is 12.2 Å². The van der Waals surface area contributed by atoms with Gasteiger partial charge in [-0.05, 0) is 35.9 Å². The van der Waals surface area contributed by atoms with Gasteiger partial charge in [-0.3, -0.25) is 0 Å². The number of phenolic OH excluding ortho intramolecular Hbond substituents is 1. The second kappa shape index (κ2) is 5.19. The minimum absolute atomic E-state index is 0.207. The molecule has 0 aromatic heterocycles. The molecular weight excluding hydrogens is 285 g/mol. The van der Waals surface area contributed by atoms with E-state index < -0.39 is 0 Å². The number of phenols is 1. The topological polar surface area (TPSA) is 32.3 Å². The van der Waals surface area contributed by atoms with Gasteiger partial charge >= 0.3 is 0 Å². The van der Waals surface area contributed by atoms with Crippen LogP contribution in [0, 0.1) is 5.82 Å². The van der Waals surface area contributed by atoms with Gasteiger partial charge in [0.2, 0.25) is 0 Å². The Morgan fingerprint density at radius 1 is 1.18 bits per heavy atom. The summed E-state index contributed by atoms with van der Waals surface area (Å²) in [5.41, 5.74) is 1.33. The maximum atomic E-state index is 13.4. The Hall–Kier alpha value is -1.55. The Labute approximate surface area is 107 Å². The molecule has 0 amide bonds. The summed E-state index contributed by atoms with van der Waals surface area (Å²) in [6, 6.07) is 11.6. The first-order valence-electron chi connectivity index (χ1n) is 5.12. The van der Waals surface area contributed by atoms with Gasteiger partial charge in [-0.15, -0.1) is 0 Å². The number of halogens is 2. The van der Waals surface area contributed by atoms with Crippen molar-refractivity contribution in [3.63, 3.8) is 0 Å². The van der Waals surface area contributed by atoms with Crippen molar-refractivity contribution in [2.24, 2.45) is 0 Å². The van der Waals surface area contributed by atoms with Crippen LogP contribution in [0.5, 0.6) is 5.75 Å². The van der Waals surface area contributed by atoms with Gasteiger partial charge in [0.15, 0.2) is 0 Å². The first-order chi connectivity index (χ1) is 8.15. The SMILES string of the molecule is Oc1cccc(CNc2cc(Br)ccc2F)c1. The molecule has 2 rings (SSSR count). The van der Waals surface area contributed by atoms with E-state index in [4.69, 9.17) is 0 Å². The number of anilines is 1. The van der Waals surface area contributed by atoms with Crippen molar-refractivity contribution in [3.8, 4) is 5.75 Å². The lowest BCUT2D eigenvalue weighted by Crippen LogP contribution is -2.01. The van der Waals surface area contributed by atoms with Crippen LogP contribution in [0.25, 0.3) is 0 Å². The van der Waals surface area contributed by atoms with E-state index in [2.05, 4.69) is 21.2 Å². The van der Waals surface area contributed by atoms with E-state index in [1.165, 1.54) is 6.07 Å². The predicted octanol–water partition coefficient (Wildman–Crippen LogP) is 3.91. The van der Waals surface area contributed by atoms with E-state index >= 15 is 0 Å². The molecule has 0 aliphatic carbocycles. The quantitative estimate of drug-likeness (QED) is 0.900.